The normalized spacial score (nSPS) is 16.2. The summed E-state index contributed by atoms with van der Waals surface area (Å²) in [5.41, 5.74) is 2.44. The highest BCUT2D eigenvalue weighted by molar-refractivity contribution is 7.99. The van der Waals surface area contributed by atoms with E-state index in [1.807, 2.05) is 11.8 Å². The molecule has 0 amide bonds. The molecule has 1 aromatic carbocycles. The van der Waals surface area contributed by atoms with E-state index < -0.39 is 0 Å². The molecule has 0 unspecified atom stereocenters. The molecular weight excluding hydrogens is 252 g/mol. The summed E-state index contributed by atoms with van der Waals surface area (Å²) in [6.07, 6.45) is 0. The number of nitrogens with one attached hydrogen (secondary N) is 1. The van der Waals surface area contributed by atoms with E-state index >= 15 is 0 Å². The SMILES string of the molecule is CCNCc1ccc(N2CCSCC2)c(Cl)c1. The van der Waals surface area contributed by atoms with Crippen LogP contribution in [0.25, 0.3) is 0 Å². The Hall–Kier alpha value is -0.380. The zero-order chi connectivity index (χ0) is 12.1. The maximum atomic E-state index is 6.37. The van der Waals surface area contributed by atoms with Gasteiger partial charge in [0.05, 0.1) is 10.7 Å². The van der Waals surface area contributed by atoms with E-state index in [0.29, 0.717) is 0 Å². The van der Waals surface area contributed by atoms with Gasteiger partial charge < -0.3 is 10.2 Å². The van der Waals surface area contributed by atoms with Crippen molar-refractivity contribution in [1.29, 1.82) is 0 Å². The molecule has 1 saturated heterocycles. The molecule has 2 nitrogen and oxygen atoms in total. The summed E-state index contributed by atoms with van der Waals surface area (Å²) >= 11 is 8.38. The van der Waals surface area contributed by atoms with E-state index in [1.54, 1.807) is 0 Å². The van der Waals surface area contributed by atoms with Gasteiger partial charge in [-0.25, -0.2) is 0 Å². The number of hydrogen-bond donors (Lipinski definition) is 1. The molecular formula is C13H19ClN2S. The average Bonchev–Trinajstić information content (AvgIpc) is 2.37. The fraction of sp³-hybridized carbons (Fsp3) is 0.538. The first-order valence-electron chi connectivity index (χ1n) is 6.13. The molecule has 1 aromatic rings. The minimum atomic E-state index is 0.882. The fourth-order valence-corrected chi connectivity index (χ4v) is 3.22. The molecule has 1 N–H and O–H groups in total. The first-order chi connectivity index (χ1) is 8.31. The monoisotopic (exact) mass is 270 g/mol. The molecule has 0 atom stereocenters. The Morgan fingerprint density at radius 3 is 2.76 bits per heavy atom. The van der Waals surface area contributed by atoms with Crippen molar-refractivity contribution in [3.8, 4) is 0 Å². The Morgan fingerprint density at radius 1 is 1.35 bits per heavy atom. The van der Waals surface area contributed by atoms with Crippen LogP contribution in [-0.4, -0.2) is 31.1 Å². The van der Waals surface area contributed by atoms with Crippen LogP contribution >= 0.6 is 23.4 Å². The van der Waals surface area contributed by atoms with Gasteiger partial charge in [-0.05, 0) is 24.2 Å². The molecule has 1 aliphatic heterocycles. The molecule has 0 spiro atoms. The van der Waals surface area contributed by atoms with Gasteiger partial charge in [-0.15, -0.1) is 0 Å². The largest absolute Gasteiger partial charge is 0.369 e. The van der Waals surface area contributed by atoms with Crippen molar-refractivity contribution in [3.05, 3.63) is 28.8 Å². The lowest BCUT2D eigenvalue weighted by Gasteiger charge is -2.29. The first-order valence-corrected chi connectivity index (χ1v) is 7.66. The van der Waals surface area contributed by atoms with Gasteiger partial charge in [0.2, 0.25) is 0 Å². The quantitative estimate of drug-likeness (QED) is 0.906. The van der Waals surface area contributed by atoms with E-state index in [-0.39, 0.29) is 0 Å². The van der Waals surface area contributed by atoms with Crippen molar-refractivity contribution in [2.75, 3.05) is 36.0 Å². The molecule has 2 rings (SSSR count). The van der Waals surface area contributed by atoms with Crippen LogP contribution < -0.4 is 10.2 Å². The Kier molecular flexibility index (Phi) is 5.01. The molecule has 0 saturated carbocycles. The van der Waals surface area contributed by atoms with Gasteiger partial charge in [-0.2, -0.15) is 11.8 Å². The molecule has 4 heteroatoms. The summed E-state index contributed by atoms with van der Waals surface area (Å²) in [6.45, 7) is 6.21. The van der Waals surface area contributed by atoms with E-state index in [0.717, 1.165) is 31.2 Å². The van der Waals surface area contributed by atoms with Gasteiger partial charge in [0.1, 0.15) is 0 Å². The number of hydrogen-bond acceptors (Lipinski definition) is 3. The third kappa shape index (κ3) is 3.54. The van der Waals surface area contributed by atoms with Crippen LogP contribution in [0.5, 0.6) is 0 Å². The number of nitrogens with zero attached hydrogens (tertiary/aromatic N) is 1. The molecule has 94 valence electrons. The summed E-state index contributed by atoms with van der Waals surface area (Å²) in [4.78, 5) is 2.38. The molecule has 1 fully saturated rings. The predicted octanol–water partition coefficient (Wildman–Crippen LogP) is 3.00. The maximum Gasteiger partial charge on any atom is 0.0642 e. The van der Waals surface area contributed by atoms with Crippen molar-refractivity contribution in [1.82, 2.24) is 5.32 Å². The Labute approximate surface area is 113 Å². The van der Waals surface area contributed by atoms with Crippen LogP contribution in [0.4, 0.5) is 5.69 Å². The van der Waals surface area contributed by atoms with Gasteiger partial charge >= 0.3 is 0 Å². The third-order valence-corrected chi connectivity index (χ3v) is 4.19. The van der Waals surface area contributed by atoms with E-state index in [9.17, 15) is 0 Å². The van der Waals surface area contributed by atoms with Crippen LogP contribution in [0.2, 0.25) is 5.02 Å². The molecule has 0 radical (unpaired) electrons. The second-order valence-corrected chi connectivity index (χ2v) is 5.80. The second kappa shape index (κ2) is 6.53. The number of anilines is 1. The van der Waals surface area contributed by atoms with E-state index in [2.05, 4.69) is 35.3 Å². The standard InChI is InChI=1S/C13H19ClN2S/c1-2-15-10-11-3-4-13(12(14)9-11)16-5-7-17-8-6-16/h3-4,9,15H,2,5-8,10H2,1H3. The number of thioether (sulfide) groups is 1. The van der Waals surface area contributed by atoms with Crippen molar-refractivity contribution >= 4 is 29.1 Å². The Morgan fingerprint density at radius 2 is 2.12 bits per heavy atom. The molecule has 0 aromatic heterocycles. The van der Waals surface area contributed by atoms with Gasteiger partial charge in [-0.1, -0.05) is 24.6 Å². The predicted molar refractivity (Wildman–Crippen MR) is 78.4 cm³/mol. The van der Waals surface area contributed by atoms with Gasteiger partial charge in [0.15, 0.2) is 0 Å². The van der Waals surface area contributed by atoms with Gasteiger partial charge in [0, 0.05) is 31.1 Å². The minimum absolute atomic E-state index is 0.882. The summed E-state index contributed by atoms with van der Waals surface area (Å²) in [7, 11) is 0. The lowest BCUT2D eigenvalue weighted by molar-refractivity contribution is 0.726. The summed E-state index contributed by atoms with van der Waals surface area (Å²) < 4.78 is 0. The van der Waals surface area contributed by atoms with Gasteiger partial charge in [0.25, 0.3) is 0 Å². The second-order valence-electron chi connectivity index (χ2n) is 4.17. The van der Waals surface area contributed by atoms with E-state index in [4.69, 9.17) is 11.6 Å². The molecule has 0 aliphatic carbocycles. The molecule has 17 heavy (non-hydrogen) atoms. The number of rotatable bonds is 4. The maximum absolute atomic E-state index is 6.37. The topological polar surface area (TPSA) is 15.3 Å². The Bertz CT molecular complexity index is 364. The smallest absolute Gasteiger partial charge is 0.0642 e. The minimum Gasteiger partial charge on any atom is -0.369 e. The number of benzene rings is 1. The molecule has 1 heterocycles. The van der Waals surface area contributed by atoms with Crippen LogP contribution in [0.3, 0.4) is 0 Å². The average molecular weight is 271 g/mol. The van der Waals surface area contributed by atoms with Crippen LogP contribution in [0.15, 0.2) is 18.2 Å². The summed E-state index contributed by atoms with van der Waals surface area (Å²) in [5.74, 6) is 2.41. The molecule has 0 bridgehead atoms. The zero-order valence-corrected chi connectivity index (χ0v) is 11.8. The van der Waals surface area contributed by atoms with Crippen LogP contribution in [-0.2, 0) is 6.54 Å². The van der Waals surface area contributed by atoms with Crippen molar-refractivity contribution in [2.24, 2.45) is 0 Å². The van der Waals surface area contributed by atoms with E-state index in [1.165, 1.54) is 22.8 Å². The third-order valence-electron chi connectivity index (χ3n) is 2.94. The van der Waals surface area contributed by atoms with Crippen LogP contribution in [0.1, 0.15) is 12.5 Å². The van der Waals surface area contributed by atoms with Crippen LogP contribution in [0, 0.1) is 0 Å². The lowest BCUT2D eigenvalue weighted by atomic mass is 10.2. The lowest BCUT2D eigenvalue weighted by Crippen LogP contribution is -2.32. The first kappa shape index (κ1) is 13.1. The van der Waals surface area contributed by atoms with Crippen molar-refractivity contribution in [3.63, 3.8) is 0 Å². The highest BCUT2D eigenvalue weighted by atomic mass is 35.5. The van der Waals surface area contributed by atoms with Crippen molar-refractivity contribution < 1.29 is 0 Å². The highest BCUT2D eigenvalue weighted by Gasteiger charge is 2.13. The summed E-state index contributed by atoms with van der Waals surface area (Å²) in [5, 5.41) is 4.20. The Balaban J connectivity index is 2.07. The zero-order valence-electron chi connectivity index (χ0n) is 10.2. The van der Waals surface area contributed by atoms with Crippen molar-refractivity contribution in [2.45, 2.75) is 13.5 Å². The fourth-order valence-electron chi connectivity index (χ4n) is 1.99. The van der Waals surface area contributed by atoms with Gasteiger partial charge in [-0.3, -0.25) is 0 Å². The number of halogens is 1. The highest BCUT2D eigenvalue weighted by Crippen LogP contribution is 2.28. The molecule has 1 aliphatic rings. The summed E-state index contributed by atoms with van der Waals surface area (Å²) in [6, 6.07) is 6.41.